The van der Waals surface area contributed by atoms with Gasteiger partial charge in [0.1, 0.15) is 0 Å². The molecule has 16 heavy (non-hydrogen) atoms. The summed E-state index contributed by atoms with van der Waals surface area (Å²) in [6.45, 7) is 8.11. The second kappa shape index (κ2) is 5.11. The van der Waals surface area contributed by atoms with Crippen LogP contribution >= 0.6 is 22.6 Å². The van der Waals surface area contributed by atoms with E-state index in [4.69, 9.17) is 4.52 Å². The van der Waals surface area contributed by atoms with Crippen molar-refractivity contribution >= 4 is 28.5 Å². The number of carbonyl (C=O) groups excluding carboxylic acids is 1. The van der Waals surface area contributed by atoms with Crippen LogP contribution in [0.4, 0.5) is 0 Å². The molecule has 0 fully saturated rings. The highest BCUT2D eigenvalue weighted by molar-refractivity contribution is 14.1. The van der Waals surface area contributed by atoms with Crippen molar-refractivity contribution in [2.24, 2.45) is 5.41 Å². The van der Waals surface area contributed by atoms with Crippen LogP contribution in [0.15, 0.2) is 4.52 Å². The number of hydrogen-bond donors (Lipinski definition) is 1. The van der Waals surface area contributed by atoms with Crippen LogP contribution in [0.25, 0.3) is 0 Å². The van der Waals surface area contributed by atoms with E-state index in [9.17, 15) is 4.79 Å². The maximum atomic E-state index is 11.8. The van der Waals surface area contributed by atoms with Gasteiger partial charge in [-0.25, -0.2) is 0 Å². The highest BCUT2D eigenvalue weighted by Gasteiger charge is 2.28. The Balaban J connectivity index is 2.47. The fourth-order valence-corrected chi connectivity index (χ4v) is 1.28. The average Bonchev–Trinajstić information content (AvgIpc) is 2.58. The van der Waals surface area contributed by atoms with Crippen molar-refractivity contribution in [1.82, 2.24) is 15.5 Å². The van der Waals surface area contributed by atoms with Crippen LogP contribution in [0, 0.1) is 12.3 Å². The summed E-state index contributed by atoms with van der Waals surface area (Å²) < 4.78 is 4.81. The van der Waals surface area contributed by atoms with Crippen molar-refractivity contribution in [2.75, 3.05) is 0 Å². The van der Waals surface area contributed by atoms with Gasteiger partial charge in [0.05, 0.1) is 10.5 Å². The fourth-order valence-electron chi connectivity index (χ4n) is 1.06. The number of carbonyl (C=O) groups is 1. The maximum absolute atomic E-state index is 11.8. The normalized spacial score (nSPS) is 13.6. The average molecular weight is 337 g/mol. The first-order valence-corrected chi connectivity index (χ1v) is 6.26. The van der Waals surface area contributed by atoms with Crippen molar-refractivity contribution < 1.29 is 9.32 Å². The Morgan fingerprint density at radius 2 is 2.19 bits per heavy atom. The van der Waals surface area contributed by atoms with Gasteiger partial charge < -0.3 is 9.84 Å². The van der Waals surface area contributed by atoms with E-state index in [1.54, 1.807) is 6.92 Å². The van der Waals surface area contributed by atoms with E-state index >= 15 is 0 Å². The third-order valence-electron chi connectivity index (χ3n) is 1.97. The van der Waals surface area contributed by atoms with Crippen LogP contribution in [-0.2, 0) is 11.3 Å². The molecule has 1 aromatic heterocycles. The molecule has 1 atom stereocenters. The van der Waals surface area contributed by atoms with Gasteiger partial charge in [-0.1, -0.05) is 48.5 Å². The molecular formula is C10H16IN3O2. The van der Waals surface area contributed by atoms with Crippen LogP contribution in [-0.4, -0.2) is 20.0 Å². The number of aryl methyl sites for hydroxylation is 1. The Kier molecular flexibility index (Phi) is 4.28. The largest absolute Gasteiger partial charge is 0.346 e. The minimum atomic E-state index is -0.0888. The van der Waals surface area contributed by atoms with Crippen LogP contribution < -0.4 is 5.32 Å². The summed E-state index contributed by atoms with van der Waals surface area (Å²) in [5, 5.41) is 6.42. The second-order valence-electron chi connectivity index (χ2n) is 4.68. The van der Waals surface area contributed by atoms with Crippen LogP contribution in [0.3, 0.4) is 0 Å². The van der Waals surface area contributed by atoms with Crippen LogP contribution in [0.1, 0.15) is 32.5 Å². The van der Waals surface area contributed by atoms with Crippen molar-refractivity contribution in [3.63, 3.8) is 0 Å². The summed E-state index contributed by atoms with van der Waals surface area (Å²) in [4.78, 5) is 15.8. The van der Waals surface area contributed by atoms with Crippen molar-refractivity contribution in [2.45, 2.75) is 38.2 Å². The molecule has 0 saturated carbocycles. The first-order valence-electron chi connectivity index (χ1n) is 5.01. The Morgan fingerprint density at radius 3 is 2.62 bits per heavy atom. The topological polar surface area (TPSA) is 68.0 Å². The van der Waals surface area contributed by atoms with Gasteiger partial charge in [-0.05, 0) is 12.3 Å². The predicted octanol–water partition coefficient (Wildman–Crippen LogP) is 1.84. The maximum Gasteiger partial charge on any atom is 0.246 e. The van der Waals surface area contributed by atoms with Gasteiger partial charge in [0.25, 0.3) is 0 Å². The monoisotopic (exact) mass is 337 g/mol. The fraction of sp³-hybridized carbons (Fsp3) is 0.700. The van der Waals surface area contributed by atoms with Crippen LogP contribution in [0.5, 0.6) is 0 Å². The smallest absolute Gasteiger partial charge is 0.246 e. The van der Waals surface area contributed by atoms with Gasteiger partial charge in [-0.15, -0.1) is 0 Å². The number of hydrogen-bond acceptors (Lipinski definition) is 4. The molecule has 0 aliphatic heterocycles. The summed E-state index contributed by atoms with van der Waals surface area (Å²) in [5.41, 5.74) is -0.0601. The molecule has 0 bridgehead atoms. The minimum Gasteiger partial charge on any atom is -0.346 e. The van der Waals surface area contributed by atoms with E-state index in [1.807, 2.05) is 20.8 Å². The molecule has 5 nitrogen and oxygen atoms in total. The molecule has 0 saturated heterocycles. The molecule has 1 rings (SSSR count). The third-order valence-corrected chi connectivity index (χ3v) is 4.41. The van der Waals surface area contributed by atoms with E-state index in [0.717, 1.165) is 0 Å². The number of nitrogens with zero attached hydrogens (tertiary/aromatic N) is 2. The molecule has 0 radical (unpaired) electrons. The van der Waals surface area contributed by atoms with E-state index in [0.29, 0.717) is 11.7 Å². The lowest BCUT2D eigenvalue weighted by Gasteiger charge is -2.24. The number of alkyl halides is 1. The molecule has 0 aromatic carbocycles. The summed E-state index contributed by atoms with van der Waals surface area (Å²) in [6.07, 6.45) is 0. The van der Waals surface area contributed by atoms with E-state index in [-0.39, 0.29) is 21.8 Å². The molecule has 1 amide bonds. The molecule has 0 aliphatic carbocycles. The Bertz CT molecular complexity index is 370. The van der Waals surface area contributed by atoms with Crippen molar-refractivity contribution in [1.29, 1.82) is 0 Å². The Hall–Kier alpha value is -0.660. The molecule has 1 N–H and O–H groups in total. The van der Waals surface area contributed by atoms with Gasteiger partial charge in [-0.3, -0.25) is 4.79 Å². The zero-order chi connectivity index (χ0) is 12.3. The molecule has 0 aliphatic rings. The Labute approximate surface area is 109 Å². The molecule has 1 aromatic rings. The number of aromatic nitrogens is 2. The summed E-state index contributed by atoms with van der Waals surface area (Å²) in [6, 6.07) is 0. The number of halogens is 1. The number of rotatable bonds is 3. The van der Waals surface area contributed by atoms with Gasteiger partial charge in [-0.2, -0.15) is 4.98 Å². The summed E-state index contributed by atoms with van der Waals surface area (Å²) in [7, 11) is 0. The van der Waals surface area contributed by atoms with Crippen LogP contribution in [0.2, 0.25) is 0 Å². The lowest BCUT2D eigenvalue weighted by molar-refractivity contribution is -0.122. The van der Waals surface area contributed by atoms with Crippen molar-refractivity contribution in [3.05, 3.63) is 11.7 Å². The summed E-state index contributed by atoms with van der Waals surface area (Å²) in [5.74, 6) is 0.999. The van der Waals surface area contributed by atoms with Gasteiger partial charge >= 0.3 is 0 Å². The zero-order valence-corrected chi connectivity index (χ0v) is 12.0. The molecule has 1 heterocycles. The quantitative estimate of drug-likeness (QED) is 0.675. The highest BCUT2D eigenvalue weighted by atomic mass is 127. The molecular weight excluding hydrogens is 321 g/mol. The molecule has 6 heteroatoms. The second-order valence-corrected chi connectivity index (χ2v) is 5.93. The first kappa shape index (κ1) is 13.4. The molecule has 90 valence electrons. The van der Waals surface area contributed by atoms with Gasteiger partial charge in [0.2, 0.25) is 11.8 Å². The molecule has 1 unspecified atom stereocenters. The van der Waals surface area contributed by atoms with E-state index in [1.165, 1.54) is 0 Å². The van der Waals surface area contributed by atoms with Gasteiger partial charge in [0, 0.05) is 0 Å². The predicted molar refractivity (Wildman–Crippen MR) is 68.1 cm³/mol. The lowest BCUT2D eigenvalue weighted by Crippen LogP contribution is -2.38. The molecule has 0 spiro atoms. The van der Waals surface area contributed by atoms with E-state index in [2.05, 4.69) is 38.0 Å². The number of amides is 1. The highest BCUT2D eigenvalue weighted by Crippen LogP contribution is 2.26. The van der Waals surface area contributed by atoms with Crippen molar-refractivity contribution in [3.8, 4) is 0 Å². The standard InChI is InChI=1S/C10H16IN3O2/c1-6-13-7(16-14-6)5-12-9(15)8(11)10(2,3)4/h8H,5H2,1-4H3,(H,12,15). The first-order chi connectivity index (χ1) is 7.30. The third kappa shape index (κ3) is 3.73. The minimum absolute atomic E-state index is 0.0102. The zero-order valence-electron chi connectivity index (χ0n) is 9.87. The number of nitrogens with one attached hydrogen (secondary N) is 1. The van der Waals surface area contributed by atoms with Gasteiger partial charge in [0.15, 0.2) is 5.82 Å². The lowest BCUT2D eigenvalue weighted by atomic mass is 9.92. The SMILES string of the molecule is Cc1noc(CNC(=O)C(I)C(C)(C)C)n1. The van der Waals surface area contributed by atoms with E-state index < -0.39 is 0 Å². The summed E-state index contributed by atoms with van der Waals surface area (Å²) >= 11 is 2.14. The Morgan fingerprint density at radius 1 is 1.56 bits per heavy atom.